The molecule has 0 saturated carbocycles. The van der Waals surface area contributed by atoms with Gasteiger partial charge in [-0.1, -0.05) is 32.9 Å². The van der Waals surface area contributed by atoms with Crippen LogP contribution in [0, 0.1) is 13.8 Å². The number of rotatable bonds is 0. The van der Waals surface area contributed by atoms with E-state index in [1.54, 1.807) is 6.07 Å². The van der Waals surface area contributed by atoms with Gasteiger partial charge in [0.25, 0.3) is 0 Å². The van der Waals surface area contributed by atoms with Crippen molar-refractivity contribution in [1.29, 1.82) is 0 Å². The molecule has 0 amide bonds. The lowest BCUT2D eigenvalue weighted by Crippen LogP contribution is -2.13. The Labute approximate surface area is 101 Å². The van der Waals surface area contributed by atoms with E-state index >= 15 is 0 Å². The van der Waals surface area contributed by atoms with E-state index in [1.165, 1.54) is 0 Å². The largest absolute Gasteiger partial charge is 0.422 e. The van der Waals surface area contributed by atoms with Gasteiger partial charge in [0.1, 0.15) is 5.58 Å². The third-order valence-corrected chi connectivity index (χ3v) is 3.11. The topological polar surface area (TPSA) is 30.2 Å². The highest BCUT2D eigenvalue weighted by molar-refractivity contribution is 5.86. The second-order valence-electron chi connectivity index (χ2n) is 5.63. The highest BCUT2D eigenvalue weighted by atomic mass is 16.4. The van der Waals surface area contributed by atoms with Gasteiger partial charge in [-0.15, -0.1) is 0 Å². The first-order valence-corrected chi connectivity index (χ1v) is 5.85. The SMILES string of the molecule is Cc1ccc(C(C)(C)C)c2oc(=O)cc(C)c12. The lowest BCUT2D eigenvalue weighted by Gasteiger charge is -2.21. The monoisotopic (exact) mass is 230 g/mol. The van der Waals surface area contributed by atoms with E-state index in [1.807, 2.05) is 13.8 Å². The lowest BCUT2D eigenvalue weighted by molar-refractivity contribution is 0.528. The summed E-state index contributed by atoms with van der Waals surface area (Å²) >= 11 is 0. The summed E-state index contributed by atoms with van der Waals surface area (Å²) < 4.78 is 5.43. The quantitative estimate of drug-likeness (QED) is 0.646. The number of benzene rings is 1. The van der Waals surface area contributed by atoms with Gasteiger partial charge in [-0.3, -0.25) is 0 Å². The molecule has 17 heavy (non-hydrogen) atoms. The van der Waals surface area contributed by atoms with Gasteiger partial charge in [-0.05, 0) is 30.4 Å². The maximum atomic E-state index is 11.5. The Kier molecular flexibility index (Phi) is 2.61. The van der Waals surface area contributed by atoms with Gasteiger partial charge in [-0.2, -0.15) is 0 Å². The summed E-state index contributed by atoms with van der Waals surface area (Å²) in [6, 6.07) is 5.71. The first kappa shape index (κ1) is 11.9. The summed E-state index contributed by atoms with van der Waals surface area (Å²) in [6.45, 7) is 10.4. The molecule has 2 heteroatoms. The molecule has 1 aromatic carbocycles. The van der Waals surface area contributed by atoms with Crippen molar-refractivity contribution in [2.45, 2.75) is 40.0 Å². The second kappa shape index (κ2) is 3.73. The minimum atomic E-state index is -0.272. The van der Waals surface area contributed by atoms with Crippen molar-refractivity contribution in [3.8, 4) is 0 Å². The Hall–Kier alpha value is -1.57. The van der Waals surface area contributed by atoms with Gasteiger partial charge in [0.2, 0.25) is 0 Å². The average Bonchev–Trinajstić information content (AvgIpc) is 2.14. The summed E-state index contributed by atoms with van der Waals surface area (Å²) in [7, 11) is 0. The fourth-order valence-electron chi connectivity index (χ4n) is 2.25. The Bertz CT molecular complexity index is 628. The van der Waals surface area contributed by atoms with Crippen molar-refractivity contribution in [3.05, 3.63) is 45.3 Å². The molecule has 0 aliphatic rings. The third-order valence-electron chi connectivity index (χ3n) is 3.11. The lowest BCUT2D eigenvalue weighted by atomic mass is 9.84. The fraction of sp³-hybridized carbons (Fsp3) is 0.400. The summed E-state index contributed by atoms with van der Waals surface area (Å²) in [5.74, 6) is 0. The van der Waals surface area contributed by atoms with Crippen LogP contribution in [0.4, 0.5) is 0 Å². The van der Waals surface area contributed by atoms with Crippen LogP contribution in [0.15, 0.2) is 27.4 Å². The molecule has 2 rings (SSSR count). The molecule has 0 aliphatic heterocycles. The van der Waals surface area contributed by atoms with Crippen LogP contribution in [0.5, 0.6) is 0 Å². The van der Waals surface area contributed by atoms with Crippen LogP contribution in [0.1, 0.15) is 37.5 Å². The molecule has 0 atom stereocenters. The molecule has 0 unspecified atom stereocenters. The average molecular weight is 230 g/mol. The molecule has 2 nitrogen and oxygen atoms in total. The molecule has 0 bridgehead atoms. The van der Waals surface area contributed by atoms with Gasteiger partial charge in [0.05, 0.1) is 0 Å². The van der Waals surface area contributed by atoms with Crippen molar-refractivity contribution in [1.82, 2.24) is 0 Å². The van der Waals surface area contributed by atoms with E-state index < -0.39 is 0 Å². The van der Waals surface area contributed by atoms with Crippen molar-refractivity contribution in [2.24, 2.45) is 0 Å². The molecule has 0 fully saturated rings. The molecular formula is C15H18O2. The smallest absolute Gasteiger partial charge is 0.336 e. The minimum Gasteiger partial charge on any atom is -0.422 e. The van der Waals surface area contributed by atoms with E-state index in [2.05, 4.69) is 32.9 Å². The molecule has 0 aliphatic carbocycles. The van der Waals surface area contributed by atoms with E-state index in [0.717, 1.165) is 27.7 Å². The Morgan fingerprint density at radius 2 is 1.71 bits per heavy atom. The summed E-state index contributed by atoms with van der Waals surface area (Å²) in [5, 5.41) is 1.07. The van der Waals surface area contributed by atoms with Crippen LogP contribution in [0.2, 0.25) is 0 Å². The van der Waals surface area contributed by atoms with Crippen molar-refractivity contribution in [2.75, 3.05) is 0 Å². The molecule has 2 aromatic rings. The van der Waals surface area contributed by atoms with Crippen LogP contribution in [0.3, 0.4) is 0 Å². The molecule has 0 N–H and O–H groups in total. The maximum Gasteiger partial charge on any atom is 0.336 e. The zero-order valence-electron chi connectivity index (χ0n) is 11.0. The number of fused-ring (bicyclic) bond motifs is 1. The normalized spacial score (nSPS) is 12.1. The molecule has 1 heterocycles. The fourth-order valence-corrected chi connectivity index (χ4v) is 2.25. The Morgan fingerprint density at radius 1 is 1.06 bits per heavy atom. The van der Waals surface area contributed by atoms with Crippen LogP contribution in [-0.4, -0.2) is 0 Å². The Morgan fingerprint density at radius 3 is 2.29 bits per heavy atom. The van der Waals surface area contributed by atoms with Crippen LogP contribution in [-0.2, 0) is 5.41 Å². The molecule has 1 aromatic heterocycles. The zero-order valence-corrected chi connectivity index (χ0v) is 11.0. The first-order valence-electron chi connectivity index (χ1n) is 5.85. The zero-order chi connectivity index (χ0) is 12.8. The maximum absolute atomic E-state index is 11.5. The predicted molar refractivity (Wildman–Crippen MR) is 70.7 cm³/mol. The number of hydrogen-bond donors (Lipinski definition) is 0. The molecule has 0 radical (unpaired) electrons. The number of hydrogen-bond acceptors (Lipinski definition) is 2. The van der Waals surface area contributed by atoms with Crippen molar-refractivity contribution < 1.29 is 4.42 Å². The Balaban J connectivity index is 3.00. The summed E-state index contributed by atoms with van der Waals surface area (Å²) in [4.78, 5) is 11.5. The predicted octanol–water partition coefficient (Wildman–Crippen LogP) is 3.71. The standard InChI is InChI=1S/C15H18O2/c1-9-6-7-11(15(3,4)5)14-13(9)10(2)8-12(16)17-14/h6-8H,1-5H3. The second-order valence-corrected chi connectivity index (χ2v) is 5.63. The van der Waals surface area contributed by atoms with Gasteiger partial charge in [0, 0.05) is 17.0 Å². The highest BCUT2D eigenvalue weighted by Gasteiger charge is 2.20. The van der Waals surface area contributed by atoms with Gasteiger partial charge in [-0.25, -0.2) is 4.79 Å². The summed E-state index contributed by atoms with van der Waals surface area (Å²) in [5.41, 5.74) is 3.65. The van der Waals surface area contributed by atoms with Gasteiger partial charge >= 0.3 is 5.63 Å². The van der Waals surface area contributed by atoms with Crippen LogP contribution < -0.4 is 5.63 Å². The third kappa shape index (κ3) is 1.99. The molecular weight excluding hydrogens is 212 g/mol. The summed E-state index contributed by atoms with van der Waals surface area (Å²) in [6.07, 6.45) is 0. The molecule has 0 spiro atoms. The van der Waals surface area contributed by atoms with Crippen LogP contribution in [0.25, 0.3) is 11.0 Å². The van der Waals surface area contributed by atoms with Crippen LogP contribution >= 0.6 is 0 Å². The molecule has 0 saturated heterocycles. The molecule has 90 valence electrons. The van der Waals surface area contributed by atoms with E-state index in [9.17, 15) is 4.79 Å². The number of aryl methyl sites for hydroxylation is 2. The van der Waals surface area contributed by atoms with Gasteiger partial charge in [0.15, 0.2) is 0 Å². The van der Waals surface area contributed by atoms with Crippen molar-refractivity contribution >= 4 is 11.0 Å². The minimum absolute atomic E-state index is 0.0321. The first-order chi connectivity index (χ1) is 7.80. The van der Waals surface area contributed by atoms with E-state index in [-0.39, 0.29) is 11.0 Å². The van der Waals surface area contributed by atoms with Gasteiger partial charge < -0.3 is 4.42 Å². The van der Waals surface area contributed by atoms with Crippen molar-refractivity contribution in [3.63, 3.8) is 0 Å². The van der Waals surface area contributed by atoms with E-state index in [0.29, 0.717) is 0 Å². The van der Waals surface area contributed by atoms with E-state index in [4.69, 9.17) is 4.42 Å². The highest BCUT2D eigenvalue weighted by Crippen LogP contribution is 2.32.